The van der Waals surface area contributed by atoms with Crippen molar-refractivity contribution in [2.75, 3.05) is 24.2 Å². The molecule has 3 N–H and O–H groups in total. The lowest BCUT2D eigenvalue weighted by Gasteiger charge is -2.29. The number of pyridine rings is 1. The average Bonchev–Trinajstić information content (AvgIpc) is 2.95. The molecule has 2 aromatic rings. The van der Waals surface area contributed by atoms with E-state index in [1.54, 1.807) is 19.1 Å². The molecule has 3 rings (SSSR count). The predicted octanol–water partition coefficient (Wildman–Crippen LogP) is 3.97. The number of carbonyl (C=O) groups is 3. The van der Waals surface area contributed by atoms with Gasteiger partial charge in [0.25, 0.3) is 5.91 Å². The molecule has 1 aliphatic rings. The Morgan fingerprint density at radius 1 is 1.16 bits per heavy atom. The van der Waals surface area contributed by atoms with Crippen LogP contribution in [0.1, 0.15) is 48.8 Å². The van der Waals surface area contributed by atoms with Crippen LogP contribution in [0, 0.1) is 12.3 Å². The summed E-state index contributed by atoms with van der Waals surface area (Å²) < 4.78 is 43.9. The minimum absolute atomic E-state index is 0.00501. The number of amides is 2. The number of ether oxygens (including phenoxy) is 1. The highest BCUT2D eigenvalue weighted by atomic mass is 79.9. The number of thioether (sulfide) groups is 1. The third-order valence-electron chi connectivity index (χ3n) is 6.64. The maximum Gasteiger partial charge on any atom is 0.407 e. The maximum absolute atomic E-state index is 13.3. The molecule has 0 spiro atoms. The summed E-state index contributed by atoms with van der Waals surface area (Å²) in [5, 5.41) is 9.36. The first kappa shape index (κ1) is 34.6. The van der Waals surface area contributed by atoms with Crippen molar-refractivity contribution in [2.24, 2.45) is 5.41 Å². The second-order valence-electron chi connectivity index (χ2n) is 11.2. The van der Waals surface area contributed by atoms with E-state index in [0.29, 0.717) is 22.6 Å². The van der Waals surface area contributed by atoms with E-state index in [2.05, 4.69) is 36.9 Å². The molecule has 1 aliphatic carbocycles. The lowest BCUT2D eigenvalue weighted by atomic mass is 9.79. The van der Waals surface area contributed by atoms with Gasteiger partial charge in [-0.3, -0.25) is 9.59 Å². The lowest BCUT2D eigenvalue weighted by Crippen LogP contribution is -2.48. The van der Waals surface area contributed by atoms with Gasteiger partial charge >= 0.3 is 12.3 Å². The summed E-state index contributed by atoms with van der Waals surface area (Å²) in [6, 6.07) is 9.60. The molecule has 2 atom stereocenters. The van der Waals surface area contributed by atoms with E-state index >= 15 is 0 Å². The van der Waals surface area contributed by atoms with Crippen molar-refractivity contribution in [2.45, 2.75) is 59.0 Å². The number of nitrogens with zero attached hydrogens (tertiary/aromatic N) is 1. The molecule has 0 saturated carbocycles. The van der Waals surface area contributed by atoms with Crippen molar-refractivity contribution in [3.63, 3.8) is 0 Å². The minimum Gasteiger partial charge on any atom is -0.445 e. The summed E-state index contributed by atoms with van der Waals surface area (Å²) in [5.41, 5.74) is 2.08. The standard InChI is InChI=1S/C30H36BrF3N4O4S/c1-18-10-24(38-26-22(18)11-20(36-17-30(32,33)34)12-23(26)29(2,3)4)27(40)35-14-21(16-43-25(39)13-31)37-28(41)42-15-19-8-6-5-7-9-19/h5-11,20-21,36H,12-17H2,1-4H3,(H,35,40)(H,37,41)/t20?,21-/m1/s1. The van der Waals surface area contributed by atoms with Crippen LogP contribution in [-0.2, 0) is 16.1 Å². The molecule has 1 aromatic carbocycles. The number of alkyl halides is 4. The van der Waals surface area contributed by atoms with Gasteiger partial charge in [-0.25, -0.2) is 9.78 Å². The number of nitrogens with one attached hydrogen (secondary N) is 3. The van der Waals surface area contributed by atoms with Crippen LogP contribution in [0.3, 0.4) is 0 Å². The van der Waals surface area contributed by atoms with Gasteiger partial charge in [-0.15, -0.1) is 0 Å². The molecule has 0 bridgehead atoms. The number of halogens is 4. The van der Waals surface area contributed by atoms with Crippen LogP contribution >= 0.6 is 27.7 Å². The molecule has 0 fully saturated rings. The first-order chi connectivity index (χ1) is 20.2. The summed E-state index contributed by atoms with van der Waals surface area (Å²) in [7, 11) is 0. The lowest BCUT2D eigenvalue weighted by molar-refractivity contribution is -0.125. The summed E-state index contributed by atoms with van der Waals surface area (Å²) >= 11 is 4.13. The zero-order valence-corrected chi connectivity index (χ0v) is 26.8. The zero-order valence-electron chi connectivity index (χ0n) is 24.4. The van der Waals surface area contributed by atoms with Gasteiger partial charge in [0.15, 0.2) is 5.12 Å². The molecule has 43 heavy (non-hydrogen) atoms. The molecule has 2 amide bonds. The van der Waals surface area contributed by atoms with Crippen molar-refractivity contribution in [3.05, 3.63) is 63.8 Å². The number of fused-ring (bicyclic) bond motifs is 1. The third kappa shape index (κ3) is 11.0. The molecule has 0 aliphatic heterocycles. The van der Waals surface area contributed by atoms with Crippen LogP contribution in [0.4, 0.5) is 18.0 Å². The number of aromatic nitrogens is 1. The fraction of sp³-hybridized carbons (Fsp3) is 0.467. The molecule has 1 unspecified atom stereocenters. The first-order valence-electron chi connectivity index (χ1n) is 13.7. The number of alkyl carbamates (subject to hydrolysis) is 1. The van der Waals surface area contributed by atoms with E-state index in [-0.39, 0.29) is 35.0 Å². The van der Waals surface area contributed by atoms with E-state index in [1.807, 2.05) is 51.1 Å². The molecular formula is C30H36BrF3N4O4S. The second-order valence-corrected chi connectivity index (χ2v) is 12.9. The van der Waals surface area contributed by atoms with Crippen LogP contribution in [-0.4, -0.2) is 64.5 Å². The van der Waals surface area contributed by atoms with Gasteiger partial charge in [-0.1, -0.05) is 84.9 Å². The predicted molar refractivity (Wildman–Crippen MR) is 165 cm³/mol. The zero-order chi connectivity index (χ0) is 31.8. The SMILES string of the molecule is Cc1cc(C(=O)NC[C@H](CSC(=O)CBr)NC(=O)OCc2ccccc2)nc2c1=CC(NCC(F)(F)F)CC=2C(C)(C)C. The molecule has 1 aromatic heterocycles. The molecule has 0 radical (unpaired) electrons. The topological polar surface area (TPSA) is 109 Å². The van der Waals surface area contributed by atoms with Gasteiger partial charge in [0.2, 0.25) is 0 Å². The minimum atomic E-state index is -4.34. The Balaban J connectivity index is 1.78. The van der Waals surface area contributed by atoms with Crippen LogP contribution < -0.4 is 26.5 Å². The Bertz CT molecular complexity index is 1430. The second kappa shape index (κ2) is 15.2. The fourth-order valence-corrected chi connectivity index (χ4v) is 5.63. The molecular weight excluding hydrogens is 649 g/mol. The van der Waals surface area contributed by atoms with Crippen molar-refractivity contribution in [1.29, 1.82) is 0 Å². The number of benzene rings is 1. The highest BCUT2D eigenvalue weighted by Crippen LogP contribution is 2.30. The summed E-state index contributed by atoms with van der Waals surface area (Å²) in [5.74, 6) is -0.289. The Kier molecular flexibility index (Phi) is 12.2. The van der Waals surface area contributed by atoms with Gasteiger partial charge in [-0.05, 0) is 41.5 Å². The van der Waals surface area contributed by atoms with Gasteiger partial charge in [0.1, 0.15) is 12.3 Å². The van der Waals surface area contributed by atoms with Gasteiger partial charge in [0, 0.05) is 23.6 Å². The van der Waals surface area contributed by atoms with Crippen molar-refractivity contribution in [1.82, 2.24) is 20.9 Å². The number of rotatable bonds is 11. The van der Waals surface area contributed by atoms with Gasteiger partial charge in [-0.2, -0.15) is 13.2 Å². The number of hydrogen-bond donors (Lipinski definition) is 3. The van der Waals surface area contributed by atoms with Crippen molar-refractivity contribution < 1.29 is 32.3 Å². The highest BCUT2D eigenvalue weighted by Gasteiger charge is 2.31. The molecule has 8 nitrogen and oxygen atoms in total. The average molecular weight is 686 g/mol. The first-order valence-corrected chi connectivity index (χ1v) is 15.8. The van der Waals surface area contributed by atoms with Crippen LogP contribution in [0.2, 0.25) is 0 Å². The largest absolute Gasteiger partial charge is 0.445 e. The Morgan fingerprint density at radius 3 is 2.49 bits per heavy atom. The van der Waals surface area contributed by atoms with Crippen molar-refractivity contribution in [3.8, 4) is 0 Å². The van der Waals surface area contributed by atoms with E-state index in [9.17, 15) is 27.6 Å². The Morgan fingerprint density at radius 2 is 1.86 bits per heavy atom. The number of aryl methyl sites for hydroxylation is 1. The Hall–Kier alpha value is -2.90. The van der Waals surface area contributed by atoms with Crippen LogP contribution in [0.5, 0.6) is 0 Å². The third-order valence-corrected chi connectivity index (χ3v) is 8.56. The molecule has 1 heterocycles. The van der Waals surface area contributed by atoms with E-state index in [1.165, 1.54) is 0 Å². The number of carbonyl (C=O) groups excluding carboxylic acids is 3. The molecule has 234 valence electrons. The highest BCUT2D eigenvalue weighted by molar-refractivity contribution is 9.09. The quantitative estimate of drug-likeness (QED) is 0.308. The smallest absolute Gasteiger partial charge is 0.407 e. The van der Waals surface area contributed by atoms with Gasteiger partial charge in [0.05, 0.1) is 23.3 Å². The molecule has 0 saturated heterocycles. The van der Waals surface area contributed by atoms with E-state index < -0.39 is 42.2 Å². The van der Waals surface area contributed by atoms with Gasteiger partial charge < -0.3 is 20.7 Å². The monoisotopic (exact) mass is 684 g/mol. The fourth-order valence-electron chi connectivity index (χ4n) is 4.48. The number of hydrogen-bond acceptors (Lipinski definition) is 7. The van der Waals surface area contributed by atoms with Crippen molar-refractivity contribution >= 4 is 56.5 Å². The van der Waals surface area contributed by atoms with Crippen LogP contribution in [0.25, 0.3) is 11.6 Å². The summed E-state index contributed by atoms with van der Waals surface area (Å²) in [6.45, 7) is 6.63. The van der Waals surface area contributed by atoms with E-state index in [0.717, 1.165) is 22.9 Å². The molecule has 13 heteroatoms. The normalized spacial score (nSPS) is 15.6. The summed E-state index contributed by atoms with van der Waals surface area (Å²) in [6.07, 6.45) is -2.97. The Labute approximate surface area is 261 Å². The van der Waals surface area contributed by atoms with Crippen LogP contribution in [0.15, 0.2) is 36.4 Å². The maximum atomic E-state index is 13.3. The summed E-state index contributed by atoms with van der Waals surface area (Å²) in [4.78, 5) is 42.3. The van der Waals surface area contributed by atoms with E-state index in [4.69, 9.17) is 4.74 Å².